The first-order valence-corrected chi connectivity index (χ1v) is 7.00. The van der Waals surface area contributed by atoms with Crippen LogP contribution in [0.3, 0.4) is 0 Å². The lowest BCUT2D eigenvalue weighted by Gasteiger charge is -2.29. The molecule has 18 heavy (non-hydrogen) atoms. The number of anilines is 1. The molecule has 0 bridgehead atoms. The SMILES string of the molecule is c1cc(OC2CCCC2)ncc1N1CCNCC1. The number of piperazine rings is 1. The van der Waals surface area contributed by atoms with Crippen molar-refractivity contribution < 1.29 is 4.74 Å². The van der Waals surface area contributed by atoms with Crippen molar-refractivity contribution in [3.8, 4) is 5.88 Å². The summed E-state index contributed by atoms with van der Waals surface area (Å²) in [6.07, 6.45) is 7.29. The van der Waals surface area contributed by atoms with Crippen LogP contribution < -0.4 is 15.0 Å². The number of hydrogen-bond donors (Lipinski definition) is 1. The number of aromatic nitrogens is 1. The van der Waals surface area contributed by atoms with E-state index in [-0.39, 0.29) is 0 Å². The van der Waals surface area contributed by atoms with Crippen molar-refractivity contribution in [3.63, 3.8) is 0 Å². The van der Waals surface area contributed by atoms with E-state index >= 15 is 0 Å². The molecule has 1 aromatic rings. The van der Waals surface area contributed by atoms with Crippen molar-refractivity contribution >= 4 is 5.69 Å². The molecule has 1 aromatic heterocycles. The molecule has 98 valence electrons. The molecule has 1 saturated heterocycles. The fourth-order valence-electron chi connectivity index (χ4n) is 2.73. The molecule has 1 N–H and O–H groups in total. The second kappa shape index (κ2) is 5.57. The van der Waals surface area contributed by atoms with Gasteiger partial charge in [-0.3, -0.25) is 0 Å². The Kier molecular flexibility index (Phi) is 3.64. The van der Waals surface area contributed by atoms with Crippen molar-refractivity contribution in [1.82, 2.24) is 10.3 Å². The maximum Gasteiger partial charge on any atom is 0.213 e. The van der Waals surface area contributed by atoms with Crippen LogP contribution in [0.15, 0.2) is 18.3 Å². The molecule has 1 aliphatic heterocycles. The fourth-order valence-corrected chi connectivity index (χ4v) is 2.73. The molecule has 4 heteroatoms. The van der Waals surface area contributed by atoms with Gasteiger partial charge in [-0.15, -0.1) is 0 Å². The molecule has 2 aliphatic rings. The van der Waals surface area contributed by atoms with E-state index in [4.69, 9.17) is 4.74 Å². The molecule has 0 aromatic carbocycles. The van der Waals surface area contributed by atoms with Crippen molar-refractivity contribution in [3.05, 3.63) is 18.3 Å². The lowest BCUT2D eigenvalue weighted by molar-refractivity contribution is 0.201. The second-order valence-electron chi connectivity index (χ2n) is 5.12. The summed E-state index contributed by atoms with van der Waals surface area (Å²) in [5, 5.41) is 3.36. The zero-order valence-corrected chi connectivity index (χ0v) is 10.8. The molecule has 0 spiro atoms. The largest absolute Gasteiger partial charge is 0.474 e. The molecular weight excluding hydrogens is 226 g/mol. The first kappa shape index (κ1) is 11.8. The Morgan fingerprint density at radius 1 is 1.17 bits per heavy atom. The van der Waals surface area contributed by atoms with Crippen LogP contribution in [0.25, 0.3) is 0 Å². The highest BCUT2D eigenvalue weighted by atomic mass is 16.5. The number of ether oxygens (including phenoxy) is 1. The Morgan fingerprint density at radius 3 is 2.61 bits per heavy atom. The zero-order chi connectivity index (χ0) is 12.2. The van der Waals surface area contributed by atoms with Crippen molar-refractivity contribution in [1.29, 1.82) is 0 Å². The lowest BCUT2D eigenvalue weighted by atomic mass is 10.3. The molecule has 4 nitrogen and oxygen atoms in total. The molecule has 2 fully saturated rings. The van der Waals surface area contributed by atoms with Crippen LogP contribution in [0, 0.1) is 0 Å². The van der Waals surface area contributed by atoms with Gasteiger partial charge in [-0.1, -0.05) is 0 Å². The molecule has 0 amide bonds. The Hall–Kier alpha value is -1.29. The van der Waals surface area contributed by atoms with E-state index in [1.54, 1.807) is 0 Å². The Morgan fingerprint density at radius 2 is 1.94 bits per heavy atom. The van der Waals surface area contributed by atoms with E-state index in [0.717, 1.165) is 32.1 Å². The average Bonchev–Trinajstić information content (AvgIpc) is 2.94. The van der Waals surface area contributed by atoms with Gasteiger partial charge in [0.05, 0.1) is 11.9 Å². The Balaban J connectivity index is 1.60. The Bertz CT molecular complexity index is 367. The standard InChI is InChI=1S/C14H21N3O/c1-2-4-13(3-1)18-14-6-5-12(11-16-14)17-9-7-15-8-10-17/h5-6,11,13,15H,1-4,7-10H2. The van der Waals surface area contributed by atoms with Crippen LogP contribution in [-0.4, -0.2) is 37.3 Å². The fraction of sp³-hybridized carbons (Fsp3) is 0.643. The molecule has 0 radical (unpaired) electrons. The summed E-state index contributed by atoms with van der Waals surface area (Å²) in [6, 6.07) is 4.14. The summed E-state index contributed by atoms with van der Waals surface area (Å²) >= 11 is 0. The van der Waals surface area contributed by atoms with Gasteiger partial charge in [0.25, 0.3) is 0 Å². The molecule has 3 rings (SSSR count). The summed E-state index contributed by atoms with van der Waals surface area (Å²) < 4.78 is 5.88. The van der Waals surface area contributed by atoms with Crippen LogP contribution in [0.1, 0.15) is 25.7 Å². The van der Waals surface area contributed by atoms with E-state index in [9.17, 15) is 0 Å². The lowest BCUT2D eigenvalue weighted by Crippen LogP contribution is -2.43. The summed E-state index contributed by atoms with van der Waals surface area (Å²) in [6.45, 7) is 4.23. The highest BCUT2D eigenvalue weighted by Gasteiger charge is 2.17. The molecule has 0 atom stereocenters. The van der Waals surface area contributed by atoms with E-state index < -0.39 is 0 Å². The maximum absolute atomic E-state index is 5.88. The molecule has 1 aliphatic carbocycles. The minimum atomic E-state index is 0.391. The molecule has 0 unspecified atom stereocenters. The third-order valence-electron chi connectivity index (χ3n) is 3.79. The van der Waals surface area contributed by atoms with Gasteiger partial charge < -0.3 is 15.0 Å². The number of nitrogens with zero attached hydrogens (tertiary/aromatic N) is 2. The zero-order valence-electron chi connectivity index (χ0n) is 10.8. The van der Waals surface area contributed by atoms with Crippen LogP contribution in [0.5, 0.6) is 5.88 Å². The van der Waals surface area contributed by atoms with Gasteiger partial charge in [-0.05, 0) is 31.7 Å². The summed E-state index contributed by atoms with van der Waals surface area (Å²) in [4.78, 5) is 6.80. The number of rotatable bonds is 3. The number of hydrogen-bond acceptors (Lipinski definition) is 4. The van der Waals surface area contributed by atoms with Gasteiger partial charge in [-0.25, -0.2) is 4.98 Å². The third-order valence-corrected chi connectivity index (χ3v) is 3.79. The third kappa shape index (κ3) is 2.75. The monoisotopic (exact) mass is 247 g/mol. The van der Waals surface area contributed by atoms with Gasteiger partial charge in [-0.2, -0.15) is 0 Å². The van der Waals surface area contributed by atoms with E-state index in [2.05, 4.69) is 21.3 Å². The topological polar surface area (TPSA) is 37.4 Å². The summed E-state index contributed by atoms with van der Waals surface area (Å²) in [5.74, 6) is 0.779. The van der Waals surface area contributed by atoms with Crippen molar-refractivity contribution in [2.75, 3.05) is 31.1 Å². The molecule has 2 heterocycles. The van der Waals surface area contributed by atoms with E-state index in [0.29, 0.717) is 6.10 Å². The molecular formula is C14H21N3O. The minimum absolute atomic E-state index is 0.391. The van der Waals surface area contributed by atoms with Crippen LogP contribution in [0.2, 0.25) is 0 Å². The highest BCUT2D eigenvalue weighted by Crippen LogP contribution is 2.24. The minimum Gasteiger partial charge on any atom is -0.474 e. The number of nitrogens with one attached hydrogen (secondary N) is 1. The summed E-state index contributed by atoms with van der Waals surface area (Å²) in [7, 11) is 0. The van der Waals surface area contributed by atoms with Crippen LogP contribution in [0.4, 0.5) is 5.69 Å². The van der Waals surface area contributed by atoms with E-state index in [1.807, 2.05) is 12.3 Å². The smallest absolute Gasteiger partial charge is 0.213 e. The van der Waals surface area contributed by atoms with Crippen LogP contribution in [-0.2, 0) is 0 Å². The van der Waals surface area contributed by atoms with Gasteiger partial charge in [0.2, 0.25) is 5.88 Å². The van der Waals surface area contributed by atoms with Gasteiger partial charge >= 0.3 is 0 Å². The average molecular weight is 247 g/mol. The van der Waals surface area contributed by atoms with Gasteiger partial charge in [0, 0.05) is 32.2 Å². The van der Waals surface area contributed by atoms with Crippen molar-refractivity contribution in [2.45, 2.75) is 31.8 Å². The quantitative estimate of drug-likeness (QED) is 0.884. The highest BCUT2D eigenvalue weighted by molar-refractivity contribution is 5.45. The van der Waals surface area contributed by atoms with E-state index in [1.165, 1.54) is 31.4 Å². The Labute approximate surface area is 108 Å². The predicted octanol–water partition coefficient (Wildman–Crippen LogP) is 1.81. The summed E-state index contributed by atoms with van der Waals surface area (Å²) in [5.41, 5.74) is 1.20. The number of pyridine rings is 1. The predicted molar refractivity (Wildman–Crippen MR) is 72.2 cm³/mol. The normalized spacial score (nSPS) is 21.2. The van der Waals surface area contributed by atoms with Gasteiger partial charge in [0.1, 0.15) is 6.10 Å². The second-order valence-corrected chi connectivity index (χ2v) is 5.12. The first-order chi connectivity index (χ1) is 8.92. The van der Waals surface area contributed by atoms with Crippen LogP contribution >= 0.6 is 0 Å². The van der Waals surface area contributed by atoms with Crippen molar-refractivity contribution in [2.24, 2.45) is 0 Å². The van der Waals surface area contributed by atoms with Gasteiger partial charge in [0.15, 0.2) is 0 Å². The molecule has 1 saturated carbocycles. The first-order valence-electron chi connectivity index (χ1n) is 7.00. The maximum atomic E-state index is 5.88.